The van der Waals surface area contributed by atoms with Crippen molar-refractivity contribution < 1.29 is 43.8 Å². The SMILES string of the molecule is CCN(CC)c1ccc(CNc2ccc3ccccc3c2)cc1[NH2+][O-].O.O.O.O.[O-][NH2+]c1cc(CNc2ccc3ccccc3c2)ccc1-n1cccc1.[O-][NH2+]c1cc(CNc2ccc3ccccc3c2)ccc1N1CCCC1.[O-][NH2+]c1cc(CNc2ccc3ccccc3c2)ccc1N1CCCCC1. The molecule has 548 valence electrons. The maximum atomic E-state index is 11.6. The fourth-order valence-electron chi connectivity index (χ4n) is 13.5. The van der Waals surface area contributed by atoms with Crippen molar-refractivity contribution in [2.24, 2.45) is 0 Å². The van der Waals surface area contributed by atoms with Crippen molar-refractivity contribution in [1.82, 2.24) is 4.57 Å². The zero-order chi connectivity index (χ0) is 69.5. The highest BCUT2D eigenvalue weighted by molar-refractivity contribution is 5.88. The van der Waals surface area contributed by atoms with Gasteiger partial charge in [0.15, 0.2) is 22.7 Å². The molecule has 13 aromatic rings. The summed E-state index contributed by atoms with van der Waals surface area (Å²) in [6.07, 6.45) is 10.0. The first-order valence-electron chi connectivity index (χ1n) is 35.4. The fourth-order valence-corrected chi connectivity index (χ4v) is 13.5. The third-order valence-corrected chi connectivity index (χ3v) is 19.0. The Bertz CT molecular complexity index is 4680. The molecule has 0 unspecified atom stereocenters. The van der Waals surface area contributed by atoms with Crippen molar-refractivity contribution in [1.29, 1.82) is 0 Å². The van der Waals surface area contributed by atoms with Crippen LogP contribution in [0.25, 0.3) is 48.8 Å². The van der Waals surface area contributed by atoms with Gasteiger partial charge in [-0.15, -0.1) is 0 Å². The molecule has 1 aromatic heterocycles. The molecule has 2 saturated heterocycles. The zero-order valence-electron chi connectivity index (χ0n) is 59.7. The second-order valence-electron chi connectivity index (χ2n) is 25.7. The molecule has 2 aliphatic rings. The average Bonchev–Trinajstić information content (AvgIpc) is 1.71. The van der Waals surface area contributed by atoms with Crippen LogP contribution in [0.2, 0.25) is 0 Å². The van der Waals surface area contributed by atoms with Gasteiger partial charge in [-0.3, -0.25) is 0 Å². The van der Waals surface area contributed by atoms with E-state index >= 15 is 0 Å². The molecular weight excluding hydrogens is 1320 g/mol. The van der Waals surface area contributed by atoms with Crippen LogP contribution in [0.3, 0.4) is 0 Å². The van der Waals surface area contributed by atoms with Gasteiger partial charge in [0.05, 0.1) is 17.1 Å². The molecule has 105 heavy (non-hydrogen) atoms. The Morgan fingerprint density at radius 1 is 0.305 bits per heavy atom. The standard InChI is InChI=1S/C22H25N3O.C21H23N3O.C21H19N3O.C21H25N3O.4H2O/c26-24-21-14-17(8-11-22(21)25-12-4-1-5-13-25)16-23-20-10-9-18-6-2-3-7-19(18)15-20;2*25-23-20-13-16(7-10-21(20)24-11-3-4-12-24)15-22-19-9-8-17-5-1-2-6-18(17)14-19;1-3-24(4-2)21-12-9-16(13-20(21)23-25)15-22-19-11-10-17-7-5-6-8-18(17)14-19;;;;/h2-3,6-11,14-15,23H,1,4-5,12-13,16,24H2;1-2,5-10,13-14,22H,3-4,11-12,15,23H2;1-14,22H,15,23H2;5-14,22H,3-4,15,23H2,1-2H3;4*1H2. The van der Waals surface area contributed by atoms with Gasteiger partial charge in [0.1, 0.15) is 5.69 Å². The Kier molecular flexibility index (Phi) is 30.6. The molecule has 2 fully saturated rings. The molecule has 3 heterocycles. The lowest BCUT2D eigenvalue weighted by molar-refractivity contribution is -0.497. The van der Waals surface area contributed by atoms with Crippen molar-refractivity contribution in [3.8, 4) is 5.69 Å². The number of nitrogens with one attached hydrogen (secondary N) is 4. The van der Waals surface area contributed by atoms with Crippen LogP contribution in [-0.4, -0.2) is 65.7 Å². The Balaban J connectivity index is 0.000000175. The van der Waals surface area contributed by atoms with E-state index in [1.165, 1.54) is 75.2 Å². The first-order valence-corrected chi connectivity index (χ1v) is 35.4. The maximum Gasteiger partial charge on any atom is 0.154 e. The summed E-state index contributed by atoms with van der Waals surface area (Å²) in [6, 6.07) is 87.3. The Morgan fingerprint density at radius 3 is 0.914 bits per heavy atom. The summed E-state index contributed by atoms with van der Waals surface area (Å²) >= 11 is 0. The third-order valence-electron chi connectivity index (χ3n) is 19.0. The van der Waals surface area contributed by atoms with Crippen molar-refractivity contribution in [3.63, 3.8) is 0 Å². The Hall–Kier alpha value is -10.9. The molecule has 0 bridgehead atoms. The summed E-state index contributed by atoms with van der Waals surface area (Å²) in [5.41, 5.74) is 19.7. The first-order chi connectivity index (χ1) is 49.7. The highest BCUT2D eigenvalue weighted by Gasteiger charge is 2.19. The van der Waals surface area contributed by atoms with E-state index in [9.17, 15) is 20.8 Å². The van der Waals surface area contributed by atoms with Crippen LogP contribution in [0.4, 0.5) is 62.6 Å². The summed E-state index contributed by atoms with van der Waals surface area (Å²) in [5, 5.41) is 69.7. The summed E-state index contributed by atoms with van der Waals surface area (Å²) in [7, 11) is 0. The smallest absolute Gasteiger partial charge is 0.154 e. The van der Waals surface area contributed by atoms with Gasteiger partial charge in [0, 0.05) is 125 Å². The van der Waals surface area contributed by atoms with Crippen LogP contribution < -0.4 is 57.9 Å². The van der Waals surface area contributed by atoms with E-state index in [2.05, 4.69) is 238 Å². The zero-order valence-corrected chi connectivity index (χ0v) is 59.7. The lowest BCUT2D eigenvalue weighted by Crippen LogP contribution is -2.70. The minimum absolute atomic E-state index is 0. The minimum Gasteiger partial charge on any atom is -0.630 e. The van der Waals surface area contributed by atoms with Gasteiger partial charge in [-0.25, -0.2) is 0 Å². The largest absolute Gasteiger partial charge is 0.630 e. The van der Waals surface area contributed by atoms with Crippen LogP contribution in [0.1, 0.15) is 68.2 Å². The van der Waals surface area contributed by atoms with E-state index in [0.29, 0.717) is 31.9 Å². The van der Waals surface area contributed by atoms with Gasteiger partial charge in [0.25, 0.3) is 0 Å². The quantitative estimate of drug-likeness (QED) is 0.0233. The molecule has 2 aliphatic heterocycles. The Labute approximate surface area is 614 Å². The van der Waals surface area contributed by atoms with Crippen LogP contribution in [-0.2, 0) is 26.2 Å². The summed E-state index contributed by atoms with van der Waals surface area (Å²) < 4.78 is 1.95. The molecule has 15 rings (SSSR count). The fraction of sp³-hybridized carbons (Fsp3) is 0.200. The van der Waals surface area contributed by atoms with Crippen molar-refractivity contribution in [2.75, 3.05) is 75.2 Å². The van der Waals surface area contributed by atoms with E-state index in [4.69, 9.17) is 0 Å². The second-order valence-corrected chi connectivity index (χ2v) is 25.7. The van der Waals surface area contributed by atoms with E-state index in [1.54, 1.807) is 0 Å². The first kappa shape index (κ1) is 79.8. The number of benzene rings is 12. The number of piperidine rings is 1. The topological polar surface area (TPSA) is 347 Å². The number of hydrogen-bond donors (Lipinski definition) is 8. The van der Waals surface area contributed by atoms with Crippen LogP contribution in [0.15, 0.2) is 267 Å². The molecule has 0 amide bonds. The van der Waals surface area contributed by atoms with Gasteiger partial charge < -0.3 is 105 Å². The van der Waals surface area contributed by atoms with Gasteiger partial charge in [-0.05, 0) is 196 Å². The van der Waals surface area contributed by atoms with Gasteiger partial charge in [-0.2, -0.15) is 0 Å². The number of nitrogens with two attached hydrogens (primary N) is 4. The van der Waals surface area contributed by atoms with Crippen molar-refractivity contribution in [2.45, 2.75) is 72.1 Å². The van der Waals surface area contributed by atoms with E-state index in [0.717, 1.165) is 146 Å². The average molecular weight is 1420 g/mol. The molecule has 20 nitrogen and oxygen atoms in total. The van der Waals surface area contributed by atoms with Crippen LogP contribution in [0, 0.1) is 20.8 Å². The number of aromatic nitrogens is 1. The van der Waals surface area contributed by atoms with Crippen LogP contribution >= 0.6 is 0 Å². The van der Waals surface area contributed by atoms with Gasteiger partial charge in [0.2, 0.25) is 0 Å². The number of hydrogen-bond acceptors (Lipinski definition) is 11. The van der Waals surface area contributed by atoms with Crippen molar-refractivity contribution in [3.05, 3.63) is 310 Å². The molecular formula is C85H100N12O8. The molecule has 0 radical (unpaired) electrons. The summed E-state index contributed by atoms with van der Waals surface area (Å²) in [6.45, 7) is 13.0. The highest BCUT2D eigenvalue weighted by Crippen LogP contribution is 2.31. The molecule has 20 N–H and O–H groups in total. The number of quaternary nitrogens is 4. The van der Waals surface area contributed by atoms with E-state index < -0.39 is 0 Å². The summed E-state index contributed by atoms with van der Waals surface area (Å²) in [5.74, 6) is 0. The van der Waals surface area contributed by atoms with E-state index in [-0.39, 0.29) is 21.9 Å². The number of nitrogens with zero attached hydrogens (tertiary/aromatic N) is 4. The van der Waals surface area contributed by atoms with Crippen molar-refractivity contribution >= 4 is 106 Å². The number of fused-ring (bicyclic) bond motifs is 4. The minimum atomic E-state index is 0. The second kappa shape index (κ2) is 40.2. The predicted octanol–water partition coefficient (Wildman–Crippen LogP) is 12.5. The van der Waals surface area contributed by atoms with Crippen LogP contribution in [0.5, 0.6) is 0 Å². The third kappa shape index (κ3) is 21.1. The normalized spacial score (nSPS) is 12.2. The maximum absolute atomic E-state index is 11.6. The molecule has 12 aromatic carbocycles. The van der Waals surface area contributed by atoms with Gasteiger partial charge in [-0.1, -0.05) is 146 Å². The molecule has 0 saturated carbocycles. The molecule has 0 aliphatic carbocycles. The molecule has 20 heteroatoms. The Morgan fingerprint density at radius 2 is 0.590 bits per heavy atom. The van der Waals surface area contributed by atoms with Gasteiger partial charge >= 0.3 is 0 Å². The predicted molar refractivity (Wildman–Crippen MR) is 436 cm³/mol. The molecule has 0 atom stereocenters. The molecule has 0 spiro atoms. The monoisotopic (exact) mass is 1420 g/mol. The van der Waals surface area contributed by atoms with E-state index in [1.807, 2.05) is 83.7 Å². The number of anilines is 7. The lowest BCUT2D eigenvalue weighted by atomic mass is 10.1. The lowest BCUT2D eigenvalue weighted by Gasteiger charge is -2.30. The summed E-state index contributed by atoms with van der Waals surface area (Å²) in [4.78, 5) is 6.85. The highest BCUT2D eigenvalue weighted by atomic mass is 16.5. The number of rotatable bonds is 22.